The van der Waals surface area contributed by atoms with Crippen LogP contribution in [0.2, 0.25) is 0 Å². The van der Waals surface area contributed by atoms with E-state index in [4.69, 9.17) is 4.74 Å². The molecule has 0 bridgehead atoms. The molecule has 1 unspecified atom stereocenters. The number of hydrogen-bond donors (Lipinski definition) is 2. The molecule has 2 aromatic carbocycles. The normalized spacial score (nSPS) is 15.3. The van der Waals surface area contributed by atoms with Crippen molar-refractivity contribution in [2.75, 3.05) is 29.9 Å². The summed E-state index contributed by atoms with van der Waals surface area (Å²) < 4.78 is 5.50. The number of rotatable bonds is 9. The van der Waals surface area contributed by atoms with Crippen molar-refractivity contribution in [3.8, 4) is 5.75 Å². The average molecular weight is 451 g/mol. The lowest BCUT2D eigenvalue weighted by Gasteiger charge is -2.35. The number of hydrogen-bond acceptors (Lipinski definition) is 6. The number of amides is 1. The zero-order chi connectivity index (χ0) is 22.2. The zero-order valence-electron chi connectivity index (χ0n) is 18.4. The van der Waals surface area contributed by atoms with Crippen LogP contribution in [0.15, 0.2) is 66.3 Å². The summed E-state index contributed by atoms with van der Waals surface area (Å²) >= 11 is 1.72. The highest BCUT2D eigenvalue weighted by atomic mass is 32.1. The first-order valence-electron chi connectivity index (χ1n) is 11.1. The maximum atomic E-state index is 12.1. The van der Waals surface area contributed by atoms with Crippen LogP contribution in [0.4, 0.5) is 11.4 Å². The van der Waals surface area contributed by atoms with E-state index in [0.29, 0.717) is 17.8 Å². The van der Waals surface area contributed by atoms with Gasteiger partial charge in [-0.2, -0.15) is 0 Å². The van der Waals surface area contributed by atoms with Crippen molar-refractivity contribution in [1.82, 2.24) is 10.3 Å². The second kappa shape index (κ2) is 11.1. The second-order valence-corrected chi connectivity index (χ2v) is 9.17. The van der Waals surface area contributed by atoms with Crippen LogP contribution in [0.25, 0.3) is 0 Å². The molecule has 6 nitrogen and oxygen atoms in total. The molecule has 7 heteroatoms. The number of ether oxygens (including phenoxy) is 1. The minimum Gasteiger partial charge on any atom is -0.484 e. The third-order valence-electron chi connectivity index (χ3n) is 5.64. The zero-order valence-corrected chi connectivity index (χ0v) is 19.2. The fourth-order valence-electron chi connectivity index (χ4n) is 4.03. The van der Waals surface area contributed by atoms with E-state index in [0.717, 1.165) is 38.0 Å². The van der Waals surface area contributed by atoms with Crippen LogP contribution in [0.3, 0.4) is 0 Å². The Morgan fingerprint density at radius 2 is 1.91 bits per heavy atom. The van der Waals surface area contributed by atoms with Gasteiger partial charge in [0.15, 0.2) is 6.61 Å². The van der Waals surface area contributed by atoms with Crippen molar-refractivity contribution in [2.45, 2.75) is 38.3 Å². The quantitative estimate of drug-likeness (QED) is 0.507. The van der Waals surface area contributed by atoms with Gasteiger partial charge < -0.3 is 20.3 Å². The summed E-state index contributed by atoms with van der Waals surface area (Å²) in [5.74, 6) is 0.523. The first-order valence-corrected chi connectivity index (χ1v) is 12.0. The Morgan fingerprint density at radius 3 is 2.59 bits per heavy atom. The third-order valence-corrected chi connectivity index (χ3v) is 6.44. The van der Waals surface area contributed by atoms with Crippen LogP contribution in [0.1, 0.15) is 24.6 Å². The molecule has 0 spiro atoms. The average Bonchev–Trinajstić information content (AvgIpc) is 3.32. The molecule has 2 heterocycles. The molecular weight excluding hydrogens is 420 g/mol. The molecule has 1 aliphatic heterocycles. The highest BCUT2D eigenvalue weighted by Crippen LogP contribution is 2.23. The summed E-state index contributed by atoms with van der Waals surface area (Å²) in [6.07, 6.45) is 5.26. The van der Waals surface area contributed by atoms with Gasteiger partial charge in [0.25, 0.3) is 5.91 Å². The Hall–Kier alpha value is -2.90. The number of thiazole rings is 1. The van der Waals surface area contributed by atoms with Crippen molar-refractivity contribution in [1.29, 1.82) is 0 Å². The SMILES string of the molecule is CC(Cc1cncs1)NC1CCN(c2ccc(NC(=O)COc3ccccc3)cc2)CC1. The molecule has 2 N–H and O–H groups in total. The Morgan fingerprint density at radius 1 is 1.16 bits per heavy atom. The summed E-state index contributed by atoms with van der Waals surface area (Å²) in [6, 6.07) is 18.4. The van der Waals surface area contributed by atoms with Gasteiger partial charge in [-0.25, -0.2) is 0 Å². The summed E-state index contributed by atoms with van der Waals surface area (Å²) in [6.45, 7) is 4.31. The van der Waals surface area contributed by atoms with Crippen molar-refractivity contribution in [2.24, 2.45) is 0 Å². The minimum absolute atomic E-state index is 0.00625. The predicted octanol–water partition coefficient (Wildman–Crippen LogP) is 4.35. The molecule has 168 valence electrons. The maximum absolute atomic E-state index is 12.1. The number of carbonyl (C=O) groups is 1. The van der Waals surface area contributed by atoms with Gasteiger partial charge in [0.2, 0.25) is 0 Å². The Bertz CT molecular complexity index is 955. The van der Waals surface area contributed by atoms with E-state index in [-0.39, 0.29) is 12.5 Å². The number of carbonyl (C=O) groups excluding carboxylic acids is 1. The predicted molar refractivity (Wildman–Crippen MR) is 131 cm³/mol. The molecule has 3 aromatic rings. The standard InChI is InChI=1S/C25H30N4O2S/c1-19(15-24-16-26-18-32-24)27-21-11-13-29(14-12-21)22-9-7-20(8-10-22)28-25(30)17-31-23-5-3-2-4-6-23/h2-10,16,18-19,21,27H,11-15,17H2,1H3,(H,28,30). The van der Waals surface area contributed by atoms with Crippen LogP contribution in [0, 0.1) is 0 Å². The van der Waals surface area contributed by atoms with Crippen molar-refractivity contribution in [3.05, 3.63) is 71.2 Å². The first-order chi connectivity index (χ1) is 15.7. The lowest BCUT2D eigenvalue weighted by molar-refractivity contribution is -0.118. The van der Waals surface area contributed by atoms with Gasteiger partial charge in [-0.15, -0.1) is 11.3 Å². The first kappa shape index (κ1) is 22.3. The Balaban J connectivity index is 1.19. The van der Waals surface area contributed by atoms with Gasteiger partial charge in [0.05, 0.1) is 5.51 Å². The van der Waals surface area contributed by atoms with E-state index in [1.165, 1.54) is 10.6 Å². The molecule has 0 aliphatic carbocycles. The summed E-state index contributed by atoms with van der Waals surface area (Å²) in [5.41, 5.74) is 3.87. The molecule has 32 heavy (non-hydrogen) atoms. The topological polar surface area (TPSA) is 66.5 Å². The van der Waals surface area contributed by atoms with Crippen molar-refractivity contribution < 1.29 is 9.53 Å². The number of para-hydroxylation sites is 1. The fourth-order valence-corrected chi connectivity index (χ4v) is 4.75. The highest BCUT2D eigenvalue weighted by molar-refractivity contribution is 7.09. The highest BCUT2D eigenvalue weighted by Gasteiger charge is 2.21. The number of nitrogens with one attached hydrogen (secondary N) is 2. The molecule has 4 rings (SSSR count). The number of aromatic nitrogens is 1. The number of nitrogens with zero attached hydrogens (tertiary/aromatic N) is 2. The Kier molecular flexibility index (Phi) is 7.74. The summed E-state index contributed by atoms with van der Waals surface area (Å²) in [7, 11) is 0. The lowest BCUT2D eigenvalue weighted by Crippen LogP contribution is -2.46. The maximum Gasteiger partial charge on any atom is 0.262 e. The van der Waals surface area contributed by atoms with Gasteiger partial charge in [-0.05, 0) is 62.6 Å². The van der Waals surface area contributed by atoms with E-state index in [2.05, 4.69) is 39.6 Å². The molecule has 1 amide bonds. The fraction of sp³-hybridized carbons (Fsp3) is 0.360. The monoisotopic (exact) mass is 450 g/mol. The number of benzene rings is 2. The van der Waals surface area contributed by atoms with Gasteiger partial charge in [0, 0.05) is 47.6 Å². The van der Waals surface area contributed by atoms with E-state index < -0.39 is 0 Å². The smallest absolute Gasteiger partial charge is 0.262 e. The minimum atomic E-state index is -0.166. The Labute approximate surface area is 193 Å². The summed E-state index contributed by atoms with van der Waals surface area (Å²) in [4.78, 5) is 20.1. The van der Waals surface area contributed by atoms with E-state index in [1.807, 2.05) is 54.2 Å². The van der Waals surface area contributed by atoms with Gasteiger partial charge in [-0.3, -0.25) is 9.78 Å². The van der Waals surface area contributed by atoms with Crippen LogP contribution >= 0.6 is 11.3 Å². The van der Waals surface area contributed by atoms with Crippen molar-refractivity contribution >= 4 is 28.6 Å². The van der Waals surface area contributed by atoms with Gasteiger partial charge in [-0.1, -0.05) is 18.2 Å². The van der Waals surface area contributed by atoms with Crippen LogP contribution < -0.4 is 20.3 Å². The van der Waals surface area contributed by atoms with Crippen molar-refractivity contribution in [3.63, 3.8) is 0 Å². The third kappa shape index (κ3) is 6.55. The van der Waals surface area contributed by atoms with E-state index >= 15 is 0 Å². The van der Waals surface area contributed by atoms with E-state index in [9.17, 15) is 4.79 Å². The van der Waals surface area contributed by atoms with Crippen LogP contribution in [-0.4, -0.2) is 42.7 Å². The van der Waals surface area contributed by atoms with Gasteiger partial charge >= 0.3 is 0 Å². The number of piperidine rings is 1. The van der Waals surface area contributed by atoms with Crippen LogP contribution in [-0.2, 0) is 11.2 Å². The van der Waals surface area contributed by atoms with E-state index in [1.54, 1.807) is 11.3 Å². The lowest BCUT2D eigenvalue weighted by atomic mass is 10.0. The molecular formula is C25H30N4O2S. The van der Waals surface area contributed by atoms with Gasteiger partial charge in [0.1, 0.15) is 5.75 Å². The summed E-state index contributed by atoms with van der Waals surface area (Å²) in [5, 5.41) is 6.67. The second-order valence-electron chi connectivity index (χ2n) is 8.20. The number of anilines is 2. The molecule has 1 atom stereocenters. The molecule has 1 aliphatic rings. The largest absolute Gasteiger partial charge is 0.484 e. The molecule has 0 radical (unpaired) electrons. The molecule has 1 fully saturated rings. The van der Waals surface area contributed by atoms with Crippen LogP contribution in [0.5, 0.6) is 5.75 Å². The molecule has 1 aromatic heterocycles. The molecule has 0 saturated carbocycles. The molecule has 1 saturated heterocycles.